The van der Waals surface area contributed by atoms with Gasteiger partial charge in [0.05, 0.1) is 5.52 Å². The molecule has 3 N–H and O–H groups in total. The van der Waals surface area contributed by atoms with E-state index in [9.17, 15) is 4.79 Å². The molecule has 0 amide bonds. The lowest BCUT2D eigenvalue weighted by atomic mass is 10.1. The van der Waals surface area contributed by atoms with Crippen LogP contribution in [-0.2, 0) is 0 Å². The Morgan fingerprint density at radius 3 is 2.80 bits per heavy atom. The van der Waals surface area contributed by atoms with Gasteiger partial charge in [0.15, 0.2) is 0 Å². The summed E-state index contributed by atoms with van der Waals surface area (Å²) >= 11 is 5.78. The number of benzene rings is 1. The SMILES string of the molecule is Nc1nc2ccc(Cl)cc2cc1C(=O)O. The predicted octanol–water partition coefficient (Wildman–Crippen LogP) is 2.17. The van der Waals surface area contributed by atoms with Crippen molar-refractivity contribution in [3.63, 3.8) is 0 Å². The van der Waals surface area contributed by atoms with Crippen molar-refractivity contribution in [2.45, 2.75) is 0 Å². The number of carboxylic acids is 1. The van der Waals surface area contributed by atoms with Crippen LogP contribution in [-0.4, -0.2) is 16.1 Å². The highest BCUT2D eigenvalue weighted by molar-refractivity contribution is 6.31. The molecule has 0 atom stereocenters. The van der Waals surface area contributed by atoms with Gasteiger partial charge in [-0.25, -0.2) is 9.78 Å². The minimum Gasteiger partial charge on any atom is -0.478 e. The second-order valence-corrected chi connectivity index (χ2v) is 3.50. The van der Waals surface area contributed by atoms with E-state index in [1.54, 1.807) is 18.2 Å². The second kappa shape index (κ2) is 3.40. The molecule has 0 aliphatic heterocycles. The van der Waals surface area contributed by atoms with Crippen molar-refractivity contribution in [2.24, 2.45) is 0 Å². The Kier molecular flexibility index (Phi) is 2.21. The fraction of sp³-hybridized carbons (Fsp3) is 0. The molecule has 5 heteroatoms. The normalized spacial score (nSPS) is 10.5. The molecule has 1 heterocycles. The van der Waals surface area contributed by atoms with Gasteiger partial charge in [-0.1, -0.05) is 11.6 Å². The lowest BCUT2D eigenvalue weighted by molar-refractivity contribution is 0.0698. The van der Waals surface area contributed by atoms with E-state index in [0.29, 0.717) is 15.9 Å². The van der Waals surface area contributed by atoms with Crippen LogP contribution in [0.15, 0.2) is 24.3 Å². The number of rotatable bonds is 1. The number of carbonyl (C=O) groups is 1. The molecule has 1 aromatic carbocycles. The third kappa shape index (κ3) is 1.71. The topological polar surface area (TPSA) is 76.2 Å². The summed E-state index contributed by atoms with van der Waals surface area (Å²) in [5.74, 6) is -1.08. The standard InChI is InChI=1S/C10H7ClN2O2/c11-6-1-2-8-5(3-6)4-7(10(14)15)9(12)13-8/h1-4H,(H2,12,13)(H,14,15). The minimum absolute atomic E-state index is 0.00948. The van der Waals surface area contributed by atoms with E-state index >= 15 is 0 Å². The smallest absolute Gasteiger partial charge is 0.339 e. The van der Waals surface area contributed by atoms with Crippen LogP contribution in [0, 0.1) is 0 Å². The number of halogens is 1. The van der Waals surface area contributed by atoms with Crippen molar-refractivity contribution in [2.75, 3.05) is 5.73 Å². The van der Waals surface area contributed by atoms with Gasteiger partial charge in [0.1, 0.15) is 11.4 Å². The Hall–Kier alpha value is -1.81. The van der Waals surface area contributed by atoms with Gasteiger partial charge in [0, 0.05) is 10.4 Å². The van der Waals surface area contributed by atoms with E-state index in [2.05, 4.69) is 4.98 Å². The third-order valence-corrected chi connectivity index (χ3v) is 2.27. The first-order valence-corrected chi connectivity index (χ1v) is 4.55. The van der Waals surface area contributed by atoms with E-state index in [0.717, 1.165) is 0 Å². The zero-order chi connectivity index (χ0) is 11.0. The summed E-state index contributed by atoms with van der Waals surface area (Å²) in [6, 6.07) is 6.48. The maximum atomic E-state index is 10.8. The number of fused-ring (bicyclic) bond motifs is 1. The molecular weight excluding hydrogens is 216 g/mol. The van der Waals surface area contributed by atoms with Crippen LogP contribution in [0.1, 0.15) is 10.4 Å². The summed E-state index contributed by atoms with van der Waals surface area (Å²) < 4.78 is 0. The first-order valence-electron chi connectivity index (χ1n) is 4.17. The molecule has 0 saturated heterocycles. The molecule has 0 radical (unpaired) electrons. The van der Waals surface area contributed by atoms with Crippen molar-refractivity contribution in [3.05, 3.63) is 34.9 Å². The highest BCUT2D eigenvalue weighted by Gasteiger charge is 2.10. The van der Waals surface area contributed by atoms with Crippen LogP contribution in [0.4, 0.5) is 5.82 Å². The number of nitrogens with two attached hydrogens (primary N) is 1. The van der Waals surface area contributed by atoms with Crippen LogP contribution in [0.2, 0.25) is 5.02 Å². The van der Waals surface area contributed by atoms with Crippen LogP contribution in [0.25, 0.3) is 10.9 Å². The monoisotopic (exact) mass is 222 g/mol. The Morgan fingerprint density at radius 1 is 1.40 bits per heavy atom. The number of anilines is 1. The summed E-state index contributed by atoms with van der Waals surface area (Å²) in [7, 11) is 0. The fourth-order valence-corrected chi connectivity index (χ4v) is 1.51. The van der Waals surface area contributed by atoms with E-state index in [1.807, 2.05) is 0 Å². The summed E-state index contributed by atoms with van der Waals surface area (Å²) in [6.45, 7) is 0. The van der Waals surface area contributed by atoms with E-state index in [1.165, 1.54) is 6.07 Å². The summed E-state index contributed by atoms with van der Waals surface area (Å²) in [6.07, 6.45) is 0. The molecule has 15 heavy (non-hydrogen) atoms. The molecule has 0 aliphatic rings. The average Bonchev–Trinajstić information content (AvgIpc) is 2.17. The maximum absolute atomic E-state index is 10.8. The van der Waals surface area contributed by atoms with Crippen LogP contribution in [0.5, 0.6) is 0 Å². The number of pyridine rings is 1. The molecule has 0 aliphatic carbocycles. The van der Waals surface area contributed by atoms with Crippen LogP contribution >= 0.6 is 11.6 Å². The number of nitrogen functional groups attached to an aromatic ring is 1. The van der Waals surface area contributed by atoms with Crippen molar-refractivity contribution in [1.82, 2.24) is 4.98 Å². The van der Waals surface area contributed by atoms with Crippen molar-refractivity contribution >= 4 is 34.3 Å². The highest BCUT2D eigenvalue weighted by atomic mass is 35.5. The number of aromatic nitrogens is 1. The molecule has 4 nitrogen and oxygen atoms in total. The average molecular weight is 223 g/mol. The molecule has 2 rings (SSSR count). The van der Waals surface area contributed by atoms with Crippen LogP contribution < -0.4 is 5.73 Å². The number of aromatic carboxylic acids is 1. The van der Waals surface area contributed by atoms with Gasteiger partial charge in [-0.15, -0.1) is 0 Å². The van der Waals surface area contributed by atoms with Crippen molar-refractivity contribution < 1.29 is 9.90 Å². The fourth-order valence-electron chi connectivity index (χ4n) is 1.33. The first-order chi connectivity index (χ1) is 7.08. The lowest BCUT2D eigenvalue weighted by Crippen LogP contribution is -2.04. The van der Waals surface area contributed by atoms with Gasteiger partial charge >= 0.3 is 5.97 Å². The van der Waals surface area contributed by atoms with E-state index in [-0.39, 0.29) is 11.4 Å². The molecule has 1 aromatic heterocycles. The zero-order valence-corrected chi connectivity index (χ0v) is 8.32. The highest BCUT2D eigenvalue weighted by Crippen LogP contribution is 2.21. The zero-order valence-electron chi connectivity index (χ0n) is 7.57. The summed E-state index contributed by atoms with van der Waals surface area (Å²) in [5, 5.41) is 10.0. The molecule has 0 spiro atoms. The van der Waals surface area contributed by atoms with Gasteiger partial charge in [0.2, 0.25) is 0 Å². The predicted molar refractivity (Wildman–Crippen MR) is 58.1 cm³/mol. The quantitative estimate of drug-likeness (QED) is 0.775. The van der Waals surface area contributed by atoms with Gasteiger partial charge in [-0.05, 0) is 24.3 Å². The molecular formula is C10H7ClN2O2. The molecule has 0 fully saturated rings. The Morgan fingerprint density at radius 2 is 2.13 bits per heavy atom. The maximum Gasteiger partial charge on any atom is 0.339 e. The first kappa shape index (κ1) is 9.73. The van der Waals surface area contributed by atoms with Gasteiger partial charge in [-0.2, -0.15) is 0 Å². The number of hydrogen-bond acceptors (Lipinski definition) is 3. The van der Waals surface area contributed by atoms with Gasteiger partial charge in [-0.3, -0.25) is 0 Å². The third-order valence-electron chi connectivity index (χ3n) is 2.04. The van der Waals surface area contributed by atoms with Crippen molar-refractivity contribution in [3.8, 4) is 0 Å². The number of nitrogens with zero attached hydrogens (tertiary/aromatic N) is 1. The minimum atomic E-state index is -1.10. The van der Waals surface area contributed by atoms with Gasteiger partial charge in [0.25, 0.3) is 0 Å². The molecule has 76 valence electrons. The molecule has 0 unspecified atom stereocenters. The second-order valence-electron chi connectivity index (χ2n) is 3.06. The van der Waals surface area contributed by atoms with Crippen LogP contribution in [0.3, 0.4) is 0 Å². The Balaban J connectivity index is 2.77. The molecule has 0 saturated carbocycles. The molecule has 2 aromatic rings. The lowest BCUT2D eigenvalue weighted by Gasteiger charge is -2.03. The summed E-state index contributed by atoms with van der Waals surface area (Å²) in [4.78, 5) is 14.8. The Labute approximate surface area is 90.3 Å². The van der Waals surface area contributed by atoms with E-state index < -0.39 is 5.97 Å². The summed E-state index contributed by atoms with van der Waals surface area (Å²) in [5.41, 5.74) is 6.12. The van der Waals surface area contributed by atoms with Crippen molar-refractivity contribution in [1.29, 1.82) is 0 Å². The molecule has 0 bridgehead atoms. The largest absolute Gasteiger partial charge is 0.478 e. The van der Waals surface area contributed by atoms with Gasteiger partial charge < -0.3 is 10.8 Å². The van der Waals surface area contributed by atoms with E-state index in [4.69, 9.17) is 22.4 Å². The Bertz CT molecular complexity index is 554. The number of carboxylic acid groups (broad SMARTS) is 1. The number of hydrogen-bond donors (Lipinski definition) is 2.